The summed E-state index contributed by atoms with van der Waals surface area (Å²) in [7, 11) is 0. The molecule has 0 saturated carbocycles. The molecule has 3 rings (SSSR count). The van der Waals surface area contributed by atoms with Crippen molar-refractivity contribution in [2.75, 3.05) is 13.1 Å². The summed E-state index contributed by atoms with van der Waals surface area (Å²) in [4.78, 5) is 14.5. The van der Waals surface area contributed by atoms with Crippen LogP contribution in [-0.2, 0) is 0 Å². The number of benzene rings is 1. The van der Waals surface area contributed by atoms with Crippen molar-refractivity contribution in [1.82, 2.24) is 10.2 Å². The highest BCUT2D eigenvalue weighted by atomic mass is 35.5. The zero-order valence-electron chi connectivity index (χ0n) is 11.2. The summed E-state index contributed by atoms with van der Waals surface area (Å²) < 4.78 is 0. The minimum Gasteiger partial charge on any atom is -0.337 e. The fourth-order valence-corrected chi connectivity index (χ4v) is 3.41. The molecule has 2 fully saturated rings. The van der Waals surface area contributed by atoms with E-state index in [-0.39, 0.29) is 5.91 Å². The van der Waals surface area contributed by atoms with Gasteiger partial charge in [0.1, 0.15) is 0 Å². The van der Waals surface area contributed by atoms with E-state index in [1.165, 1.54) is 12.8 Å². The summed E-state index contributed by atoms with van der Waals surface area (Å²) in [5, 5.41) is 4.15. The molecule has 4 heteroatoms. The van der Waals surface area contributed by atoms with E-state index in [1.54, 1.807) is 0 Å². The van der Waals surface area contributed by atoms with Crippen molar-refractivity contribution in [3.05, 3.63) is 34.3 Å². The SMILES string of the molecule is Cc1ccc(C(=O)N2CCC3CCC(C2)N3)c(Cl)c1. The maximum Gasteiger partial charge on any atom is 0.255 e. The van der Waals surface area contributed by atoms with Gasteiger partial charge in [0.05, 0.1) is 10.6 Å². The van der Waals surface area contributed by atoms with Gasteiger partial charge in [-0.2, -0.15) is 0 Å². The van der Waals surface area contributed by atoms with E-state index in [1.807, 2.05) is 30.0 Å². The lowest BCUT2D eigenvalue weighted by molar-refractivity contribution is 0.0748. The highest BCUT2D eigenvalue weighted by molar-refractivity contribution is 6.33. The second-order valence-electron chi connectivity index (χ2n) is 5.66. The monoisotopic (exact) mass is 278 g/mol. The second kappa shape index (κ2) is 5.14. The van der Waals surface area contributed by atoms with Crippen LogP contribution in [0.1, 0.15) is 35.2 Å². The molecule has 102 valence electrons. The highest BCUT2D eigenvalue weighted by Crippen LogP contribution is 2.24. The van der Waals surface area contributed by atoms with Gasteiger partial charge in [-0.3, -0.25) is 4.79 Å². The lowest BCUT2D eigenvalue weighted by atomic mass is 10.1. The summed E-state index contributed by atoms with van der Waals surface area (Å²) in [6, 6.07) is 6.70. The average Bonchev–Trinajstić information content (AvgIpc) is 2.68. The lowest BCUT2D eigenvalue weighted by Gasteiger charge is -2.24. The number of hydrogen-bond donors (Lipinski definition) is 1. The Morgan fingerprint density at radius 1 is 1.32 bits per heavy atom. The van der Waals surface area contributed by atoms with Gasteiger partial charge < -0.3 is 10.2 Å². The molecule has 0 aliphatic carbocycles. The van der Waals surface area contributed by atoms with Crippen LogP contribution in [-0.4, -0.2) is 36.0 Å². The molecule has 2 atom stereocenters. The van der Waals surface area contributed by atoms with Gasteiger partial charge >= 0.3 is 0 Å². The van der Waals surface area contributed by atoms with Gasteiger partial charge in [0, 0.05) is 25.2 Å². The van der Waals surface area contributed by atoms with Crippen LogP contribution in [0.15, 0.2) is 18.2 Å². The number of carbonyl (C=O) groups is 1. The Labute approximate surface area is 118 Å². The van der Waals surface area contributed by atoms with Gasteiger partial charge in [0.25, 0.3) is 5.91 Å². The molecule has 2 aliphatic heterocycles. The maximum absolute atomic E-state index is 12.6. The molecule has 2 aliphatic rings. The predicted octanol–water partition coefficient (Wildman–Crippen LogP) is 2.61. The quantitative estimate of drug-likeness (QED) is 0.856. The van der Waals surface area contributed by atoms with Crippen LogP contribution in [0.5, 0.6) is 0 Å². The molecule has 0 aromatic heterocycles. The predicted molar refractivity (Wildman–Crippen MR) is 76.7 cm³/mol. The van der Waals surface area contributed by atoms with E-state index in [0.29, 0.717) is 22.7 Å². The Kier molecular flexibility index (Phi) is 3.50. The van der Waals surface area contributed by atoms with Gasteiger partial charge in [0.15, 0.2) is 0 Å². The van der Waals surface area contributed by atoms with E-state index in [9.17, 15) is 4.79 Å². The summed E-state index contributed by atoms with van der Waals surface area (Å²) in [5.74, 6) is 0.0688. The fourth-order valence-electron chi connectivity index (χ4n) is 3.09. The van der Waals surface area contributed by atoms with Gasteiger partial charge in [-0.05, 0) is 43.9 Å². The van der Waals surface area contributed by atoms with E-state index in [0.717, 1.165) is 25.1 Å². The molecular weight excluding hydrogens is 260 g/mol. The van der Waals surface area contributed by atoms with Crippen molar-refractivity contribution in [3.8, 4) is 0 Å². The van der Waals surface area contributed by atoms with Gasteiger partial charge in [0.2, 0.25) is 0 Å². The Morgan fingerprint density at radius 2 is 2.11 bits per heavy atom. The van der Waals surface area contributed by atoms with Crippen LogP contribution in [0.4, 0.5) is 0 Å². The van der Waals surface area contributed by atoms with Crippen LogP contribution in [0.25, 0.3) is 0 Å². The second-order valence-corrected chi connectivity index (χ2v) is 6.07. The number of amides is 1. The number of likely N-dealkylation sites (tertiary alicyclic amines) is 1. The Balaban J connectivity index is 1.79. The van der Waals surface area contributed by atoms with Crippen molar-refractivity contribution in [1.29, 1.82) is 0 Å². The topological polar surface area (TPSA) is 32.3 Å². The van der Waals surface area contributed by atoms with Crippen LogP contribution < -0.4 is 5.32 Å². The third-order valence-electron chi connectivity index (χ3n) is 4.17. The normalized spacial score (nSPS) is 26.3. The number of fused-ring (bicyclic) bond motifs is 2. The number of hydrogen-bond acceptors (Lipinski definition) is 2. The summed E-state index contributed by atoms with van der Waals surface area (Å²) in [5.41, 5.74) is 1.71. The smallest absolute Gasteiger partial charge is 0.255 e. The van der Waals surface area contributed by atoms with Crippen molar-refractivity contribution >= 4 is 17.5 Å². The van der Waals surface area contributed by atoms with Crippen molar-refractivity contribution in [2.24, 2.45) is 0 Å². The molecular formula is C15H19ClN2O. The number of nitrogens with one attached hydrogen (secondary N) is 1. The van der Waals surface area contributed by atoms with Gasteiger partial charge in [-0.1, -0.05) is 17.7 Å². The zero-order chi connectivity index (χ0) is 13.4. The van der Waals surface area contributed by atoms with Crippen molar-refractivity contribution in [3.63, 3.8) is 0 Å². The van der Waals surface area contributed by atoms with E-state index in [4.69, 9.17) is 11.6 Å². The Hall–Kier alpha value is -1.06. The first-order valence-electron chi connectivity index (χ1n) is 6.95. The number of carbonyl (C=O) groups excluding carboxylic acids is 1. The third-order valence-corrected chi connectivity index (χ3v) is 4.48. The van der Waals surface area contributed by atoms with E-state index < -0.39 is 0 Å². The first-order chi connectivity index (χ1) is 9.13. The molecule has 2 bridgehead atoms. The first kappa shape index (κ1) is 12.9. The minimum absolute atomic E-state index is 0.0688. The van der Waals surface area contributed by atoms with Crippen LogP contribution in [0, 0.1) is 6.92 Å². The summed E-state index contributed by atoms with van der Waals surface area (Å²) >= 11 is 6.20. The van der Waals surface area contributed by atoms with E-state index >= 15 is 0 Å². The van der Waals surface area contributed by atoms with Crippen molar-refractivity contribution in [2.45, 2.75) is 38.3 Å². The highest BCUT2D eigenvalue weighted by Gasteiger charge is 2.31. The van der Waals surface area contributed by atoms with Crippen molar-refractivity contribution < 1.29 is 4.79 Å². The van der Waals surface area contributed by atoms with Crippen LogP contribution in [0.2, 0.25) is 5.02 Å². The molecule has 2 heterocycles. The Bertz CT molecular complexity index is 503. The molecule has 1 amide bonds. The molecule has 0 radical (unpaired) electrons. The van der Waals surface area contributed by atoms with Crippen LogP contribution >= 0.6 is 11.6 Å². The van der Waals surface area contributed by atoms with E-state index in [2.05, 4.69) is 5.32 Å². The summed E-state index contributed by atoms with van der Waals surface area (Å²) in [6.45, 7) is 3.62. The first-order valence-corrected chi connectivity index (χ1v) is 7.33. The number of rotatable bonds is 1. The summed E-state index contributed by atoms with van der Waals surface area (Å²) in [6.07, 6.45) is 3.47. The molecule has 19 heavy (non-hydrogen) atoms. The number of nitrogens with zero attached hydrogens (tertiary/aromatic N) is 1. The fraction of sp³-hybridized carbons (Fsp3) is 0.533. The van der Waals surface area contributed by atoms with Gasteiger partial charge in [-0.15, -0.1) is 0 Å². The molecule has 1 N–H and O–H groups in total. The molecule has 2 saturated heterocycles. The molecule has 1 aromatic carbocycles. The standard InChI is InChI=1S/C15H19ClN2O/c1-10-2-5-13(14(16)8-10)15(19)18-7-6-11-3-4-12(9-18)17-11/h2,5,8,11-12,17H,3-4,6-7,9H2,1H3. The van der Waals surface area contributed by atoms with Crippen LogP contribution in [0.3, 0.4) is 0 Å². The average molecular weight is 279 g/mol. The zero-order valence-corrected chi connectivity index (χ0v) is 11.9. The third kappa shape index (κ3) is 2.63. The molecule has 0 spiro atoms. The Morgan fingerprint density at radius 3 is 2.89 bits per heavy atom. The number of halogens is 1. The largest absolute Gasteiger partial charge is 0.337 e. The molecule has 3 nitrogen and oxygen atoms in total. The number of aryl methyl sites for hydroxylation is 1. The minimum atomic E-state index is 0.0688. The maximum atomic E-state index is 12.6. The molecule has 1 aromatic rings. The lowest BCUT2D eigenvalue weighted by Crippen LogP contribution is -2.39. The molecule has 2 unspecified atom stereocenters. The van der Waals surface area contributed by atoms with Gasteiger partial charge in [-0.25, -0.2) is 0 Å².